The van der Waals surface area contributed by atoms with Crippen molar-refractivity contribution in [3.05, 3.63) is 29.8 Å². The first kappa shape index (κ1) is 17.1. The van der Waals surface area contributed by atoms with Gasteiger partial charge in [-0.25, -0.2) is 0 Å². The highest BCUT2D eigenvalue weighted by molar-refractivity contribution is 5.79. The average Bonchev–Trinajstić information content (AvgIpc) is 2.47. The number of halogens is 2. The van der Waals surface area contributed by atoms with Gasteiger partial charge in [0, 0.05) is 12.1 Å². The number of fused-ring (bicyclic) bond motifs is 2. The maximum Gasteiger partial charge on any atom is 0.387 e. The molecule has 2 saturated carbocycles. The maximum atomic E-state index is 12.4. The summed E-state index contributed by atoms with van der Waals surface area (Å²) in [7, 11) is 0. The van der Waals surface area contributed by atoms with E-state index in [1.807, 2.05) is 0 Å². The van der Waals surface area contributed by atoms with Gasteiger partial charge in [-0.1, -0.05) is 18.6 Å². The minimum absolute atomic E-state index is 0.0680. The van der Waals surface area contributed by atoms with E-state index in [1.165, 1.54) is 18.6 Å². The van der Waals surface area contributed by atoms with Crippen LogP contribution in [0.3, 0.4) is 0 Å². The van der Waals surface area contributed by atoms with Crippen LogP contribution in [0.2, 0.25) is 0 Å². The summed E-state index contributed by atoms with van der Waals surface area (Å²) in [5, 5.41) is 3.17. The van der Waals surface area contributed by atoms with Crippen LogP contribution in [0.4, 0.5) is 8.78 Å². The van der Waals surface area contributed by atoms with Crippen LogP contribution in [0.1, 0.15) is 37.7 Å². The van der Waals surface area contributed by atoms with Crippen molar-refractivity contribution in [1.82, 2.24) is 5.32 Å². The largest absolute Gasteiger partial charge is 0.435 e. The van der Waals surface area contributed by atoms with E-state index >= 15 is 0 Å². The highest BCUT2D eigenvalue weighted by Gasteiger charge is 2.39. The molecular formula is C18H24F2N2O2. The van der Waals surface area contributed by atoms with Gasteiger partial charge in [-0.2, -0.15) is 8.78 Å². The number of hydrogen-bond donors (Lipinski definition) is 2. The van der Waals surface area contributed by atoms with E-state index in [2.05, 4.69) is 10.1 Å². The van der Waals surface area contributed by atoms with E-state index < -0.39 is 6.61 Å². The molecule has 6 heteroatoms. The van der Waals surface area contributed by atoms with Crippen LogP contribution in [0.5, 0.6) is 5.75 Å². The van der Waals surface area contributed by atoms with E-state index in [0.29, 0.717) is 17.4 Å². The molecule has 3 N–H and O–H groups in total. The fourth-order valence-electron chi connectivity index (χ4n) is 4.28. The van der Waals surface area contributed by atoms with Crippen molar-refractivity contribution in [2.75, 3.05) is 0 Å². The van der Waals surface area contributed by atoms with Crippen LogP contribution in [-0.2, 0) is 11.2 Å². The van der Waals surface area contributed by atoms with Crippen LogP contribution >= 0.6 is 0 Å². The number of carbonyl (C=O) groups excluding carboxylic acids is 1. The van der Waals surface area contributed by atoms with Crippen molar-refractivity contribution >= 4 is 5.91 Å². The second-order valence-electron chi connectivity index (χ2n) is 6.98. The Bertz CT molecular complexity index is 568. The molecule has 0 aromatic heterocycles. The molecule has 4 nitrogen and oxygen atoms in total. The number of amides is 1. The second kappa shape index (κ2) is 7.47. The molecule has 0 radical (unpaired) electrons. The molecule has 0 aliphatic heterocycles. The zero-order valence-corrected chi connectivity index (χ0v) is 13.6. The zero-order chi connectivity index (χ0) is 17.1. The molecule has 2 unspecified atom stereocenters. The highest BCUT2D eigenvalue weighted by atomic mass is 19.3. The first-order valence-corrected chi connectivity index (χ1v) is 8.60. The number of rotatable bonds is 5. The molecule has 0 heterocycles. The summed E-state index contributed by atoms with van der Waals surface area (Å²) in [5.41, 5.74) is 6.78. The number of ether oxygens (including phenoxy) is 1. The Morgan fingerprint density at radius 3 is 2.67 bits per heavy atom. The third-order valence-electron chi connectivity index (χ3n) is 5.19. The summed E-state index contributed by atoms with van der Waals surface area (Å²) in [6.45, 7) is -2.86. The van der Waals surface area contributed by atoms with Crippen molar-refractivity contribution in [3.8, 4) is 5.75 Å². The topological polar surface area (TPSA) is 64.3 Å². The molecule has 1 amide bonds. The van der Waals surface area contributed by atoms with Crippen molar-refractivity contribution in [2.45, 2.75) is 57.2 Å². The van der Waals surface area contributed by atoms with Crippen LogP contribution in [0, 0.1) is 11.8 Å². The second-order valence-corrected chi connectivity index (χ2v) is 6.98. The SMILES string of the molecule is NC1CC2CCCC(C1)C2NC(=O)Cc1cccc(OC(F)F)c1. The van der Waals surface area contributed by atoms with Gasteiger partial charge in [0.2, 0.25) is 5.91 Å². The van der Waals surface area contributed by atoms with E-state index in [9.17, 15) is 13.6 Å². The van der Waals surface area contributed by atoms with Gasteiger partial charge in [-0.15, -0.1) is 0 Å². The average molecular weight is 338 g/mol. The van der Waals surface area contributed by atoms with Gasteiger partial charge in [-0.3, -0.25) is 4.79 Å². The zero-order valence-electron chi connectivity index (χ0n) is 13.6. The first-order valence-electron chi connectivity index (χ1n) is 8.60. The van der Waals surface area contributed by atoms with Crippen molar-refractivity contribution in [2.24, 2.45) is 17.6 Å². The molecule has 0 saturated heterocycles. The van der Waals surface area contributed by atoms with E-state index in [1.54, 1.807) is 12.1 Å². The Hall–Kier alpha value is -1.69. The van der Waals surface area contributed by atoms with Gasteiger partial charge in [-0.05, 0) is 55.2 Å². The molecule has 24 heavy (non-hydrogen) atoms. The summed E-state index contributed by atoms with van der Waals surface area (Å²) < 4.78 is 28.9. The summed E-state index contributed by atoms with van der Waals surface area (Å²) in [6, 6.07) is 6.76. The lowest BCUT2D eigenvalue weighted by Crippen LogP contribution is -2.54. The maximum absolute atomic E-state index is 12.4. The van der Waals surface area contributed by atoms with Crippen LogP contribution in [-0.4, -0.2) is 24.6 Å². The standard InChI is InChI=1S/C18H24F2N2O2/c19-18(20)24-15-6-1-3-11(7-15)8-16(23)22-17-12-4-2-5-13(17)10-14(21)9-12/h1,3,6-7,12-14,17-18H,2,4-5,8-10,21H2,(H,22,23). The lowest BCUT2D eigenvalue weighted by Gasteiger charge is -2.45. The van der Waals surface area contributed by atoms with Crippen molar-refractivity contribution in [3.63, 3.8) is 0 Å². The van der Waals surface area contributed by atoms with E-state index in [4.69, 9.17) is 5.73 Å². The Kier molecular flexibility index (Phi) is 5.33. The fourth-order valence-corrected chi connectivity index (χ4v) is 4.28. The van der Waals surface area contributed by atoms with Gasteiger partial charge in [0.25, 0.3) is 0 Å². The molecule has 1 aromatic rings. The minimum atomic E-state index is -2.86. The number of nitrogens with two attached hydrogens (primary N) is 1. The molecule has 132 valence electrons. The summed E-state index contributed by atoms with van der Waals surface area (Å²) >= 11 is 0. The van der Waals surface area contributed by atoms with Gasteiger partial charge in [0.05, 0.1) is 6.42 Å². The summed E-state index contributed by atoms with van der Waals surface area (Å²) in [4.78, 5) is 12.4. The van der Waals surface area contributed by atoms with Crippen LogP contribution < -0.4 is 15.8 Å². The Labute approximate surface area is 140 Å². The molecule has 2 bridgehead atoms. The van der Waals surface area contributed by atoms with E-state index in [0.717, 1.165) is 25.7 Å². The van der Waals surface area contributed by atoms with E-state index in [-0.39, 0.29) is 30.2 Å². The molecule has 1 aromatic carbocycles. The third-order valence-corrected chi connectivity index (χ3v) is 5.19. The Balaban J connectivity index is 1.59. The predicted molar refractivity (Wildman–Crippen MR) is 86.7 cm³/mol. The third kappa shape index (κ3) is 4.23. The van der Waals surface area contributed by atoms with Crippen molar-refractivity contribution in [1.29, 1.82) is 0 Å². The number of carbonyl (C=O) groups is 1. The number of benzene rings is 1. The lowest BCUT2D eigenvalue weighted by atomic mass is 9.67. The molecule has 3 rings (SSSR count). The van der Waals surface area contributed by atoms with Crippen molar-refractivity contribution < 1.29 is 18.3 Å². The van der Waals surface area contributed by atoms with Gasteiger partial charge >= 0.3 is 6.61 Å². The number of alkyl halides is 2. The number of nitrogens with one attached hydrogen (secondary N) is 1. The van der Waals surface area contributed by atoms with Crippen LogP contribution in [0.15, 0.2) is 24.3 Å². The lowest BCUT2D eigenvalue weighted by molar-refractivity contribution is -0.122. The quantitative estimate of drug-likeness (QED) is 0.868. The predicted octanol–water partition coefficient (Wildman–Crippen LogP) is 2.85. The van der Waals surface area contributed by atoms with Gasteiger partial charge < -0.3 is 15.8 Å². The fraction of sp³-hybridized carbons (Fsp3) is 0.611. The molecular weight excluding hydrogens is 314 g/mol. The molecule has 2 fully saturated rings. The highest BCUT2D eigenvalue weighted by Crippen LogP contribution is 2.39. The molecule has 0 spiro atoms. The monoisotopic (exact) mass is 338 g/mol. The molecule has 2 atom stereocenters. The summed E-state index contributed by atoms with van der Waals surface area (Å²) in [5.74, 6) is 0.937. The van der Waals surface area contributed by atoms with Crippen LogP contribution in [0.25, 0.3) is 0 Å². The molecule has 2 aliphatic carbocycles. The summed E-state index contributed by atoms with van der Waals surface area (Å²) in [6.07, 6.45) is 5.56. The Morgan fingerprint density at radius 2 is 2.00 bits per heavy atom. The molecule has 2 aliphatic rings. The normalized spacial score (nSPS) is 29.3. The van der Waals surface area contributed by atoms with Gasteiger partial charge in [0.1, 0.15) is 5.75 Å². The van der Waals surface area contributed by atoms with Gasteiger partial charge in [0.15, 0.2) is 0 Å². The Morgan fingerprint density at radius 1 is 1.29 bits per heavy atom. The minimum Gasteiger partial charge on any atom is -0.435 e. The smallest absolute Gasteiger partial charge is 0.387 e. The first-order chi connectivity index (χ1) is 11.5. The number of hydrogen-bond acceptors (Lipinski definition) is 3.